The number of likely N-dealkylation sites (N-methyl/N-ethyl adjacent to an activating group) is 1. The van der Waals surface area contributed by atoms with E-state index in [1.807, 2.05) is 24.3 Å². The molecule has 1 atom stereocenters. The summed E-state index contributed by atoms with van der Waals surface area (Å²) in [6.07, 6.45) is 4.63. The number of hydrogen-bond donors (Lipinski definition) is 2. The second-order valence-corrected chi connectivity index (χ2v) is 8.15. The number of nitrogens with one attached hydrogen (secondary N) is 2. The van der Waals surface area contributed by atoms with E-state index in [1.54, 1.807) is 36.2 Å². The van der Waals surface area contributed by atoms with Crippen LogP contribution in [-0.2, 0) is 4.79 Å². The van der Waals surface area contributed by atoms with E-state index in [-0.39, 0.29) is 11.8 Å². The highest BCUT2D eigenvalue weighted by molar-refractivity contribution is 6.33. The van der Waals surface area contributed by atoms with Crippen molar-refractivity contribution in [3.8, 4) is 0 Å². The van der Waals surface area contributed by atoms with Gasteiger partial charge in [-0.15, -0.1) is 0 Å². The maximum absolute atomic E-state index is 13.1. The molecule has 1 saturated carbocycles. The second kappa shape index (κ2) is 8.88. The molecule has 2 N–H and O–H groups in total. The van der Waals surface area contributed by atoms with E-state index < -0.39 is 12.2 Å². The highest BCUT2D eigenvalue weighted by atomic mass is 35.5. The van der Waals surface area contributed by atoms with Crippen molar-refractivity contribution in [2.24, 2.45) is 10.9 Å². The summed E-state index contributed by atoms with van der Waals surface area (Å²) in [5.74, 6) is 0.0118. The summed E-state index contributed by atoms with van der Waals surface area (Å²) in [6, 6.07) is 14.3. The van der Waals surface area contributed by atoms with E-state index in [0.717, 1.165) is 42.6 Å². The van der Waals surface area contributed by atoms with Gasteiger partial charge in [-0.3, -0.25) is 9.79 Å². The molecule has 2 aromatic rings. The summed E-state index contributed by atoms with van der Waals surface area (Å²) in [5.41, 5.74) is 3.18. The summed E-state index contributed by atoms with van der Waals surface area (Å²) < 4.78 is 0. The van der Waals surface area contributed by atoms with Crippen LogP contribution in [0.25, 0.3) is 0 Å². The lowest BCUT2D eigenvalue weighted by molar-refractivity contribution is -0.119. The normalized spacial score (nSPS) is 19.5. The van der Waals surface area contributed by atoms with Gasteiger partial charge in [0.15, 0.2) is 0 Å². The summed E-state index contributed by atoms with van der Waals surface area (Å²) >= 11 is 6.13. The van der Waals surface area contributed by atoms with E-state index >= 15 is 0 Å². The minimum atomic E-state index is -0.998. The molecule has 1 aliphatic heterocycles. The molecular weight excluding hydrogens is 400 g/mol. The van der Waals surface area contributed by atoms with Crippen LogP contribution in [0.4, 0.5) is 16.2 Å². The number of carbonyl (C=O) groups excluding carboxylic acids is 2. The number of urea groups is 1. The SMILES string of the molecule is CN1C(=O)C(NC(=O)Nc2ccccc2Cl)N=C(C2CCCCC2)c2ccccc21. The zero-order chi connectivity index (χ0) is 21.1. The highest BCUT2D eigenvalue weighted by Gasteiger charge is 2.33. The van der Waals surface area contributed by atoms with Crippen LogP contribution < -0.4 is 15.5 Å². The first-order valence-corrected chi connectivity index (χ1v) is 10.7. The van der Waals surface area contributed by atoms with Crippen molar-refractivity contribution in [1.82, 2.24) is 5.32 Å². The standard InChI is InChI=1S/C23H25ClN4O2/c1-28-19-14-8-5-11-16(19)20(15-9-3-2-4-10-15)26-21(22(28)29)27-23(30)25-18-13-7-6-12-17(18)24/h5-8,11-15,21H,2-4,9-10H2,1H3,(H2,25,27,30). The maximum Gasteiger partial charge on any atom is 0.321 e. The number of nitrogens with zero attached hydrogens (tertiary/aromatic N) is 2. The fourth-order valence-electron chi connectivity index (χ4n) is 4.19. The Bertz CT molecular complexity index is 985. The lowest BCUT2D eigenvalue weighted by Crippen LogP contribution is -2.47. The smallest absolute Gasteiger partial charge is 0.311 e. The lowest BCUT2D eigenvalue weighted by atomic mass is 9.83. The maximum atomic E-state index is 13.1. The number of amides is 3. The minimum absolute atomic E-state index is 0.275. The van der Waals surface area contributed by atoms with Crippen LogP contribution in [-0.4, -0.2) is 30.9 Å². The molecule has 7 heteroatoms. The van der Waals surface area contributed by atoms with Crippen LogP contribution in [0.1, 0.15) is 37.7 Å². The first kappa shape index (κ1) is 20.4. The zero-order valence-electron chi connectivity index (χ0n) is 16.9. The van der Waals surface area contributed by atoms with Crippen molar-refractivity contribution in [3.63, 3.8) is 0 Å². The Morgan fingerprint density at radius 2 is 1.77 bits per heavy atom. The van der Waals surface area contributed by atoms with Crippen molar-refractivity contribution in [1.29, 1.82) is 0 Å². The number of benzodiazepines with no additional fused rings is 1. The summed E-state index contributed by atoms with van der Waals surface area (Å²) in [4.78, 5) is 32.1. The molecular formula is C23H25ClN4O2. The number of carbonyl (C=O) groups is 2. The Morgan fingerprint density at radius 3 is 2.53 bits per heavy atom. The molecule has 0 radical (unpaired) electrons. The molecule has 3 amide bonds. The molecule has 30 heavy (non-hydrogen) atoms. The molecule has 1 fully saturated rings. The molecule has 2 aliphatic rings. The van der Waals surface area contributed by atoms with Crippen molar-refractivity contribution in [2.45, 2.75) is 38.3 Å². The third-order valence-electron chi connectivity index (χ3n) is 5.76. The van der Waals surface area contributed by atoms with Gasteiger partial charge in [0.2, 0.25) is 6.17 Å². The number of para-hydroxylation sites is 2. The van der Waals surface area contributed by atoms with Gasteiger partial charge in [0.05, 0.1) is 22.1 Å². The predicted octanol–water partition coefficient (Wildman–Crippen LogP) is 4.83. The van der Waals surface area contributed by atoms with Crippen molar-refractivity contribution in [3.05, 3.63) is 59.1 Å². The Morgan fingerprint density at radius 1 is 1.07 bits per heavy atom. The van der Waals surface area contributed by atoms with Gasteiger partial charge in [0, 0.05) is 18.5 Å². The number of fused-ring (bicyclic) bond motifs is 1. The zero-order valence-corrected chi connectivity index (χ0v) is 17.7. The van der Waals surface area contributed by atoms with Crippen LogP contribution in [0.5, 0.6) is 0 Å². The predicted molar refractivity (Wildman–Crippen MR) is 120 cm³/mol. The first-order chi connectivity index (χ1) is 14.5. The van der Waals surface area contributed by atoms with Gasteiger partial charge in [-0.05, 0) is 31.0 Å². The Balaban J connectivity index is 1.64. The molecule has 0 bridgehead atoms. The Labute approximate surface area is 181 Å². The van der Waals surface area contributed by atoms with E-state index in [4.69, 9.17) is 16.6 Å². The number of halogens is 1. The van der Waals surface area contributed by atoms with Crippen molar-refractivity contribution in [2.75, 3.05) is 17.3 Å². The average molecular weight is 425 g/mol. The summed E-state index contributed by atoms with van der Waals surface area (Å²) in [7, 11) is 1.72. The topological polar surface area (TPSA) is 73.8 Å². The molecule has 1 aliphatic carbocycles. The third kappa shape index (κ3) is 4.19. The molecule has 6 nitrogen and oxygen atoms in total. The fraction of sp³-hybridized carbons (Fsp3) is 0.348. The number of rotatable bonds is 3. The van der Waals surface area contributed by atoms with Gasteiger partial charge >= 0.3 is 6.03 Å². The van der Waals surface area contributed by atoms with Crippen LogP contribution in [0, 0.1) is 5.92 Å². The van der Waals surface area contributed by atoms with Crippen LogP contribution in [0.3, 0.4) is 0 Å². The van der Waals surface area contributed by atoms with Gasteiger partial charge in [-0.1, -0.05) is 61.2 Å². The molecule has 0 saturated heterocycles. The van der Waals surface area contributed by atoms with Crippen molar-refractivity contribution >= 4 is 40.6 Å². The number of hydrogen-bond acceptors (Lipinski definition) is 3. The third-order valence-corrected chi connectivity index (χ3v) is 6.09. The van der Waals surface area contributed by atoms with E-state index in [1.165, 1.54) is 6.42 Å². The lowest BCUT2D eigenvalue weighted by Gasteiger charge is -2.25. The van der Waals surface area contributed by atoms with Gasteiger partial charge in [0.1, 0.15) is 0 Å². The van der Waals surface area contributed by atoms with Crippen LogP contribution in [0.2, 0.25) is 5.02 Å². The molecule has 1 heterocycles. The van der Waals surface area contributed by atoms with E-state index in [9.17, 15) is 9.59 Å². The summed E-state index contributed by atoms with van der Waals surface area (Å²) in [6.45, 7) is 0. The molecule has 0 aromatic heterocycles. The Kier molecular flexibility index (Phi) is 6.04. The molecule has 4 rings (SSSR count). The average Bonchev–Trinajstić information content (AvgIpc) is 2.87. The van der Waals surface area contributed by atoms with Gasteiger partial charge < -0.3 is 15.5 Å². The fourth-order valence-corrected chi connectivity index (χ4v) is 4.37. The number of benzene rings is 2. The summed E-state index contributed by atoms with van der Waals surface area (Å²) in [5, 5.41) is 5.86. The molecule has 2 aromatic carbocycles. The van der Waals surface area contributed by atoms with Gasteiger partial charge in [0.25, 0.3) is 5.91 Å². The van der Waals surface area contributed by atoms with Crippen LogP contribution >= 0.6 is 11.6 Å². The molecule has 1 unspecified atom stereocenters. The van der Waals surface area contributed by atoms with Crippen molar-refractivity contribution < 1.29 is 9.59 Å². The minimum Gasteiger partial charge on any atom is -0.311 e. The first-order valence-electron chi connectivity index (χ1n) is 10.3. The monoisotopic (exact) mass is 424 g/mol. The highest BCUT2D eigenvalue weighted by Crippen LogP contribution is 2.33. The van der Waals surface area contributed by atoms with E-state index in [2.05, 4.69) is 10.6 Å². The number of anilines is 2. The molecule has 0 spiro atoms. The second-order valence-electron chi connectivity index (χ2n) is 7.74. The van der Waals surface area contributed by atoms with Gasteiger partial charge in [-0.25, -0.2) is 4.79 Å². The quantitative estimate of drug-likeness (QED) is 0.740. The number of aliphatic imine (C=N–C) groups is 1. The molecule has 156 valence electrons. The van der Waals surface area contributed by atoms with Gasteiger partial charge in [-0.2, -0.15) is 0 Å². The Hall–Kier alpha value is -2.86. The van der Waals surface area contributed by atoms with E-state index in [0.29, 0.717) is 10.7 Å². The largest absolute Gasteiger partial charge is 0.321 e. The van der Waals surface area contributed by atoms with Crippen LogP contribution in [0.15, 0.2) is 53.5 Å².